The highest BCUT2D eigenvalue weighted by Gasteiger charge is 2.19. The first-order valence-corrected chi connectivity index (χ1v) is 7.39. The predicted molar refractivity (Wildman–Crippen MR) is 82.1 cm³/mol. The first-order valence-electron chi connectivity index (χ1n) is 5.72. The number of thiophene rings is 1. The Morgan fingerprint density at radius 3 is 2.58 bits per heavy atom. The van der Waals surface area contributed by atoms with Crippen LogP contribution in [-0.4, -0.2) is 5.16 Å². The van der Waals surface area contributed by atoms with Gasteiger partial charge in [0.2, 0.25) is 5.88 Å². The standard InChI is InChI=1S/C14H11BrN2OS/c1-8-2-4-9(5-3-8)11-12(17-18-14(11)16)13-10(15)6-7-19-13/h2-7H,16H2,1H3. The van der Waals surface area contributed by atoms with Crippen LogP contribution < -0.4 is 5.73 Å². The number of halogens is 1. The Labute approximate surface area is 123 Å². The molecule has 0 amide bonds. The molecule has 0 radical (unpaired) electrons. The van der Waals surface area contributed by atoms with Crippen LogP contribution in [-0.2, 0) is 0 Å². The monoisotopic (exact) mass is 334 g/mol. The van der Waals surface area contributed by atoms with Crippen molar-refractivity contribution in [1.82, 2.24) is 5.16 Å². The van der Waals surface area contributed by atoms with Crippen LogP contribution in [0, 0.1) is 6.92 Å². The summed E-state index contributed by atoms with van der Waals surface area (Å²) in [4.78, 5) is 1.02. The largest absolute Gasteiger partial charge is 0.367 e. The normalized spacial score (nSPS) is 10.8. The number of nitrogens with zero attached hydrogens (tertiary/aromatic N) is 1. The Hall–Kier alpha value is -1.59. The summed E-state index contributed by atoms with van der Waals surface area (Å²) in [6, 6.07) is 10.2. The SMILES string of the molecule is Cc1ccc(-c2c(-c3sccc3Br)noc2N)cc1. The lowest BCUT2D eigenvalue weighted by atomic mass is 10.0. The van der Waals surface area contributed by atoms with E-state index in [4.69, 9.17) is 10.3 Å². The topological polar surface area (TPSA) is 52.0 Å². The number of hydrogen-bond acceptors (Lipinski definition) is 4. The average molecular weight is 335 g/mol. The summed E-state index contributed by atoms with van der Waals surface area (Å²) in [7, 11) is 0. The third-order valence-electron chi connectivity index (χ3n) is 2.89. The maximum atomic E-state index is 5.93. The fraction of sp³-hybridized carbons (Fsp3) is 0.0714. The zero-order chi connectivity index (χ0) is 13.4. The van der Waals surface area contributed by atoms with Crippen molar-refractivity contribution in [3.63, 3.8) is 0 Å². The van der Waals surface area contributed by atoms with E-state index in [9.17, 15) is 0 Å². The molecule has 3 rings (SSSR count). The minimum Gasteiger partial charge on any atom is -0.367 e. The third-order valence-corrected chi connectivity index (χ3v) is 4.74. The van der Waals surface area contributed by atoms with E-state index in [1.807, 2.05) is 23.6 Å². The lowest BCUT2D eigenvalue weighted by Crippen LogP contribution is -1.87. The van der Waals surface area contributed by atoms with Gasteiger partial charge < -0.3 is 10.3 Å². The Morgan fingerprint density at radius 1 is 1.21 bits per heavy atom. The highest BCUT2D eigenvalue weighted by atomic mass is 79.9. The Bertz CT molecular complexity index is 715. The first kappa shape index (κ1) is 12.4. The Balaban J connectivity index is 2.19. The molecule has 0 unspecified atom stereocenters. The van der Waals surface area contributed by atoms with E-state index in [2.05, 4.69) is 40.1 Å². The van der Waals surface area contributed by atoms with Crippen molar-refractivity contribution >= 4 is 33.2 Å². The molecule has 0 atom stereocenters. The van der Waals surface area contributed by atoms with Gasteiger partial charge in [0.1, 0.15) is 5.69 Å². The van der Waals surface area contributed by atoms with Gasteiger partial charge in [0.05, 0.1) is 10.4 Å². The molecule has 0 saturated carbocycles. The van der Waals surface area contributed by atoms with Crippen LogP contribution in [0.2, 0.25) is 0 Å². The number of benzene rings is 1. The zero-order valence-corrected chi connectivity index (χ0v) is 12.6. The molecule has 0 saturated heterocycles. The first-order chi connectivity index (χ1) is 9.16. The number of nitrogens with two attached hydrogens (primary N) is 1. The molecule has 0 fully saturated rings. The van der Waals surface area contributed by atoms with Gasteiger partial charge in [0.25, 0.3) is 0 Å². The van der Waals surface area contributed by atoms with Crippen molar-refractivity contribution in [2.24, 2.45) is 0 Å². The molecule has 0 aliphatic rings. The maximum Gasteiger partial charge on any atom is 0.230 e. The summed E-state index contributed by atoms with van der Waals surface area (Å²) in [6.07, 6.45) is 0. The van der Waals surface area contributed by atoms with E-state index in [0.717, 1.165) is 26.2 Å². The molecule has 96 valence electrons. The van der Waals surface area contributed by atoms with Crippen LogP contribution in [0.15, 0.2) is 44.7 Å². The van der Waals surface area contributed by atoms with Gasteiger partial charge >= 0.3 is 0 Å². The molecule has 1 aromatic carbocycles. The molecule has 2 heterocycles. The molecular weight excluding hydrogens is 324 g/mol. The molecule has 2 aromatic heterocycles. The van der Waals surface area contributed by atoms with E-state index in [1.54, 1.807) is 11.3 Å². The molecule has 0 spiro atoms. The van der Waals surface area contributed by atoms with Gasteiger partial charge in [-0.25, -0.2) is 0 Å². The summed E-state index contributed by atoms with van der Waals surface area (Å²) >= 11 is 5.12. The van der Waals surface area contributed by atoms with Crippen LogP contribution in [0.5, 0.6) is 0 Å². The average Bonchev–Trinajstić information content (AvgIpc) is 2.97. The number of nitrogen functional groups attached to an aromatic ring is 1. The number of rotatable bonds is 2. The van der Waals surface area contributed by atoms with Crippen molar-refractivity contribution in [3.8, 4) is 21.7 Å². The summed E-state index contributed by atoms with van der Waals surface area (Å²) in [5, 5.41) is 6.10. The van der Waals surface area contributed by atoms with Crippen molar-refractivity contribution in [3.05, 3.63) is 45.7 Å². The van der Waals surface area contributed by atoms with Crippen molar-refractivity contribution in [1.29, 1.82) is 0 Å². The molecule has 0 aliphatic heterocycles. The quantitative estimate of drug-likeness (QED) is 0.737. The van der Waals surface area contributed by atoms with Crippen molar-refractivity contribution in [2.45, 2.75) is 6.92 Å². The molecule has 3 aromatic rings. The fourth-order valence-electron chi connectivity index (χ4n) is 1.92. The van der Waals surface area contributed by atoms with Crippen molar-refractivity contribution < 1.29 is 4.52 Å². The highest BCUT2D eigenvalue weighted by Crippen LogP contribution is 2.41. The summed E-state index contributed by atoms with van der Waals surface area (Å²) in [5.74, 6) is 0.346. The fourth-order valence-corrected chi connectivity index (χ4v) is 3.47. The second kappa shape index (κ2) is 4.83. The van der Waals surface area contributed by atoms with E-state index < -0.39 is 0 Å². The van der Waals surface area contributed by atoms with Crippen LogP contribution in [0.3, 0.4) is 0 Å². The molecule has 2 N–H and O–H groups in total. The maximum absolute atomic E-state index is 5.93. The molecule has 19 heavy (non-hydrogen) atoms. The van der Waals surface area contributed by atoms with Crippen LogP contribution >= 0.6 is 27.3 Å². The van der Waals surface area contributed by atoms with Gasteiger partial charge in [-0.15, -0.1) is 11.3 Å². The second-order valence-electron chi connectivity index (χ2n) is 4.23. The summed E-state index contributed by atoms with van der Waals surface area (Å²) < 4.78 is 6.17. The Morgan fingerprint density at radius 2 is 1.95 bits per heavy atom. The minimum absolute atomic E-state index is 0.346. The van der Waals surface area contributed by atoms with Crippen LogP contribution in [0.1, 0.15) is 5.56 Å². The Kier molecular flexibility index (Phi) is 3.16. The molecule has 0 aliphatic carbocycles. The summed E-state index contributed by atoms with van der Waals surface area (Å²) in [5.41, 5.74) is 9.78. The summed E-state index contributed by atoms with van der Waals surface area (Å²) in [6.45, 7) is 2.05. The van der Waals surface area contributed by atoms with Gasteiger partial charge in [-0.2, -0.15) is 0 Å². The van der Waals surface area contributed by atoms with Gasteiger partial charge in [-0.3, -0.25) is 0 Å². The van der Waals surface area contributed by atoms with Gasteiger partial charge in [0.15, 0.2) is 0 Å². The smallest absolute Gasteiger partial charge is 0.230 e. The van der Waals surface area contributed by atoms with E-state index in [-0.39, 0.29) is 0 Å². The highest BCUT2D eigenvalue weighted by molar-refractivity contribution is 9.10. The van der Waals surface area contributed by atoms with Crippen molar-refractivity contribution in [2.75, 3.05) is 5.73 Å². The molecular formula is C14H11BrN2OS. The number of anilines is 1. The lowest BCUT2D eigenvalue weighted by molar-refractivity contribution is 0.439. The number of aryl methyl sites for hydroxylation is 1. The van der Waals surface area contributed by atoms with E-state index >= 15 is 0 Å². The minimum atomic E-state index is 0.346. The van der Waals surface area contributed by atoms with E-state index in [0.29, 0.717) is 5.88 Å². The molecule has 0 bridgehead atoms. The number of hydrogen-bond donors (Lipinski definition) is 1. The van der Waals surface area contributed by atoms with Gasteiger partial charge in [-0.1, -0.05) is 35.0 Å². The zero-order valence-electron chi connectivity index (χ0n) is 10.2. The van der Waals surface area contributed by atoms with Crippen LogP contribution in [0.25, 0.3) is 21.7 Å². The predicted octanol–water partition coefficient (Wildman–Crippen LogP) is 4.72. The molecule has 3 nitrogen and oxygen atoms in total. The van der Waals surface area contributed by atoms with Gasteiger partial charge in [0, 0.05) is 4.47 Å². The lowest BCUT2D eigenvalue weighted by Gasteiger charge is -2.02. The van der Waals surface area contributed by atoms with E-state index in [1.165, 1.54) is 5.56 Å². The second-order valence-corrected chi connectivity index (χ2v) is 6.00. The van der Waals surface area contributed by atoms with Crippen LogP contribution in [0.4, 0.5) is 5.88 Å². The molecule has 5 heteroatoms. The number of aromatic nitrogens is 1. The third kappa shape index (κ3) is 2.19. The van der Waals surface area contributed by atoms with Gasteiger partial charge in [-0.05, 0) is 39.9 Å².